The first-order valence-electron chi connectivity index (χ1n) is 21.0. The summed E-state index contributed by atoms with van der Waals surface area (Å²) in [6.07, 6.45) is 38.1. The van der Waals surface area contributed by atoms with Crippen molar-refractivity contribution >= 4 is 25.5 Å². The Bertz CT molecular complexity index is 1190. The van der Waals surface area contributed by atoms with Gasteiger partial charge < -0.3 is 18.9 Å². The Labute approximate surface area is 334 Å². The van der Waals surface area contributed by atoms with Gasteiger partial charge >= 0.3 is 19.8 Å². The highest BCUT2D eigenvalue weighted by atomic mass is 31.2. The summed E-state index contributed by atoms with van der Waals surface area (Å²) in [6, 6.07) is 0. The first-order valence-corrected chi connectivity index (χ1v) is 22.5. The molecule has 0 aromatic rings. The summed E-state index contributed by atoms with van der Waals surface area (Å²) in [7, 11) is 1.37. The largest absolute Gasteiger partial charge is 0.472 e. The Balaban J connectivity index is 4.56. The zero-order chi connectivity index (χ0) is 40.9. The second-order valence-corrected chi connectivity index (χ2v) is 16.5. The van der Waals surface area contributed by atoms with Gasteiger partial charge in [-0.25, -0.2) is 4.57 Å². The molecular formula is C44H77NO9P+. The van der Waals surface area contributed by atoms with Crippen LogP contribution in [0.4, 0.5) is 0 Å². The summed E-state index contributed by atoms with van der Waals surface area (Å²) < 4.78 is 34.1. The molecular weight excluding hydrogens is 717 g/mol. The van der Waals surface area contributed by atoms with Crippen LogP contribution in [0.1, 0.15) is 149 Å². The number of ketones is 1. The van der Waals surface area contributed by atoms with Gasteiger partial charge in [0.15, 0.2) is 11.9 Å². The van der Waals surface area contributed by atoms with E-state index < -0.39 is 32.5 Å². The van der Waals surface area contributed by atoms with E-state index in [1.165, 1.54) is 38.5 Å². The summed E-state index contributed by atoms with van der Waals surface area (Å²) >= 11 is 0. The van der Waals surface area contributed by atoms with Crippen LogP contribution < -0.4 is 0 Å². The Morgan fingerprint density at radius 2 is 1.15 bits per heavy atom. The predicted octanol–water partition coefficient (Wildman–Crippen LogP) is 10.9. The highest BCUT2D eigenvalue weighted by Gasteiger charge is 2.27. The predicted molar refractivity (Wildman–Crippen MR) is 224 cm³/mol. The molecule has 1 N–H and O–H groups in total. The minimum Gasteiger partial charge on any atom is -0.462 e. The summed E-state index contributed by atoms with van der Waals surface area (Å²) in [5, 5.41) is 0. The molecule has 0 rings (SSSR count). The summed E-state index contributed by atoms with van der Waals surface area (Å²) in [5.74, 6) is -0.820. The normalized spacial score (nSPS) is 14.1. The van der Waals surface area contributed by atoms with Crippen LogP contribution in [0.25, 0.3) is 0 Å². The van der Waals surface area contributed by atoms with Crippen molar-refractivity contribution in [3.05, 3.63) is 60.8 Å². The molecule has 0 aromatic heterocycles. The Hall–Kier alpha value is -2.62. The van der Waals surface area contributed by atoms with Crippen LogP contribution in [0.3, 0.4) is 0 Å². The zero-order valence-corrected chi connectivity index (χ0v) is 36.0. The van der Waals surface area contributed by atoms with E-state index in [2.05, 4.69) is 56.4 Å². The fraction of sp³-hybridized carbons (Fsp3) is 0.705. The highest BCUT2D eigenvalue weighted by Crippen LogP contribution is 2.43. The Morgan fingerprint density at radius 1 is 0.618 bits per heavy atom. The van der Waals surface area contributed by atoms with E-state index in [1.807, 2.05) is 33.3 Å². The number of nitrogens with zero attached hydrogens (tertiary/aromatic N) is 1. The van der Waals surface area contributed by atoms with Gasteiger partial charge in [-0.15, -0.1) is 0 Å². The first kappa shape index (κ1) is 52.4. The molecule has 2 atom stereocenters. The quantitative estimate of drug-likeness (QED) is 0.0124. The number of quaternary nitrogens is 1. The lowest BCUT2D eigenvalue weighted by Gasteiger charge is -2.24. The van der Waals surface area contributed by atoms with E-state index in [0.717, 1.165) is 64.2 Å². The van der Waals surface area contributed by atoms with Crippen molar-refractivity contribution in [1.29, 1.82) is 0 Å². The Kier molecular flexibility index (Phi) is 34.1. The number of carbonyl (C=O) groups is 3. The number of allylic oxidation sites excluding steroid dienone is 10. The summed E-state index contributed by atoms with van der Waals surface area (Å²) in [4.78, 5) is 47.3. The molecule has 0 saturated heterocycles. The maximum absolute atomic E-state index is 12.6. The molecule has 1 unspecified atom stereocenters. The second kappa shape index (κ2) is 35.8. The molecule has 0 aliphatic heterocycles. The molecule has 0 amide bonds. The lowest BCUT2D eigenvalue weighted by molar-refractivity contribution is -0.870. The number of phosphoric acid groups is 1. The van der Waals surface area contributed by atoms with Crippen LogP contribution >= 0.6 is 7.82 Å². The van der Waals surface area contributed by atoms with E-state index in [9.17, 15) is 23.8 Å². The lowest BCUT2D eigenvalue weighted by Crippen LogP contribution is -2.37. The molecule has 55 heavy (non-hydrogen) atoms. The topological polar surface area (TPSA) is 125 Å². The number of unbranched alkanes of at least 4 members (excludes halogenated alkanes) is 12. The van der Waals surface area contributed by atoms with Crippen molar-refractivity contribution in [2.24, 2.45) is 0 Å². The van der Waals surface area contributed by atoms with Gasteiger partial charge in [0.05, 0.1) is 27.7 Å². The molecule has 0 aliphatic carbocycles. The van der Waals surface area contributed by atoms with Gasteiger partial charge in [0.2, 0.25) is 0 Å². The van der Waals surface area contributed by atoms with Crippen LogP contribution in [0.5, 0.6) is 0 Å². The number of likely N-dealkylation sites (N-methyl/N-ethyl adjacent to an activating group) is 1. The van der Waals surface area contributed by atoms with Crippen LogP contribution in [0.15, 0.2) is 60.8 Å². The van der Waals surface area contributed by atoms with Crippen LogP contribution in [-0.4, -0.2) is 80.7 Å². The molecule has 10 nitrogen and oxygen atoms in total. The van der Waals surface area contributed by atoms with Crippen LogP contribution in [-0.2, 0) is 37.5 Å². The van der Waals surface area contributed by atoms with Crippen molar-refractivity contribution in [3.8, 4) is 0 Å². The molecule has 0 radical (unpaired) electrons. The smallest absolute Gasteiger partial charge is 0.462 e. The van der Waals surface area contributed by atoms with Crippen LogP contribution in [0, 0.1) is 0 Å². The number of esters is 2. The molecule has 0 saturated carbocycles. The van der Waals surface area contributed by atoms with Crippen molar-refractivity contribution in [2.75, 3.05) is 47.5 Å². The third kappa shape index (κ3) is 39.4. The van der Waals surface area contributed by atoms with Crippen molar-refractivity contribution in [1.82, 2.24) is 0 Å². The van der Waals surface area contributed by atoms with Gasteiger partial charge in [0.1, 0.15) is 19.8 Å². The maximum Gasteiger partial charge on any atom is 0.472 e. The SMILES string of the molecule is CCCCC/C=C\C=C\C(=O)CCCCCCCC(=O)OC[C@H](COP(=O)(O)OCC[N+](C)(C)C)OC(=O)CCCC/C=C\C/C=C\C/C=C\CCCCC. The van der Waals surface area contributed by atoms with Crippen molar-refractivity contribution in [3.63, 3.8) is 0 Å². The lowest BCUT2D eigenvalue weighted by atomic mass is 10.1. The number of hydrogen-bond acceptors (Lipinski definition) is 8. The average molecular weight is 795 g/mol. The fourth-order valence-corrected chi connectivity index (χ4v) is 5.86. The fourth-order valence-electron chi connectivity index (χ4n) is 5.12. The van der Waals surface area contributed by atoms with Crippen LogP contribution in [0.2, 0.25) is 0 Å². The first-order chi connectivity index (χ1) is 26.4. The van der Waals surface area contributed by atoms with Gasteiger partial charge in [-0.3, -0.25) is 23.4 Å². The number of phosphoric ester groups is 1. The molecule has 316 valence electrons. The number of carbonyl (C=O) groups excluding carboxylic acids is 3. The van der Waals surface area contributed by atoms with Gasteiger partial charge in [-0.05, 0) is 76.7 Å². The van der Waals surface area contributed by atoms with Gasteiger partial charge in [-0.2, -0.15) is 0 Å². The van der Waals surface area contributed by atoms with E-state index in [-0.39, 0.29) is 31.8 Å². The van der Waals surface area contributed by atoms with E-state index in [1.54, 1.807) is 6.08 Å². The number of ether oxygens (including phenoxy) is 2. The molecule has 0 bridgehead atoms. The van der Waals surface area contributed by atoms with E-state index in [0.29, 0.717) is 30.3 Å². The monoisotopic (exact) mass is 795 g/mol. The molecule has 0 spiro atoms. The minimum absolute atomic E-state index is 0.00218. The second-order valence-electron chi connectivity index (χ2n) is 15.1. The number of rotatable bonds is 37. The highest BCUT2D eigenvalue weighted by molar-refractivity contribution is 7.47. The third-order valence-corrected chi connectivity index (χ3v) is 9.48. The third-order valence-electron chi connectivity index (χ3n) is 8.50. The Morgan fingerprint density at radius 3 is 1.76 bits per heavy atom. The molecule has 0 fully saturated rings. The summed E-state index contributed by atoms with van der Waals surface area (Å²) in [5.41, 5.74) is 0. The minimum atomic E-state index is -4.41. The van der Waals surface area contributed by atoms with Gasteiger partial charge in [0.25, 0.3) is 0 Å². The molecule has 0 heterocycles. The molecule has 0 aromatic carbocycles. The molecule has 11 heteroatoms. The average Bonchev–Trinajstić information content (AvgIpc) is 3.12. The molecule has 0 aliphatic rings. The zero-order valence-electron chi connectivity index (χ0n) is 35.1. The van der Waals surface area contributed by atoms with Crippen molar-refractivity contribution < 1.29 is 46.8 Å². The maximum atomic E-state index is 12.6. The van der Waals surface area contributed by atoms with Crippen molar-refractivity contribution in [2.45, 2.75) is 155 Å². The standard InChI is InChI=1S/C44H76NO9P/c1-6-8-10-12-14-15-16-17-18-19-20-21-23-27-32-36-44(48)54-42(40-53-55(49,50)52-38-37-45(3,4)5)39-51-43(47)35-31-28-24-26-30-34-41(46)33-29-25-22-13-11-9-7-2/h14-15,17-18,20-22,25,29,33,42H,6-13,16,19,23-24,26-28,30-32,34-40H2,1-5H3/p+1/b15-14-,18-17-,21-20-,25-22-,33-29+/t42-/m1/s1. The summed E-state index contributed by atoms with van der Waals surface area (Å²) in [6.45, 7) is 4.13. The van der Waals surface area contributed by atoms with E-state index in [4.69, 9.17) is 18.5 Å². The van der Waals surface area contributed by atoms with Gasteiger partial charge in [0, 0.05) is 19.3 Å². The van der Waals surface area contributed by atoms with E-state index >= 15 is 0 Å². The number of hydrogen-bond donors (Lipinski definition) is 1. The van der Waals surface area contributed by atoms with Gasteiger partial charge in [-0.1, -0.05) is 113 Å².